The number of aromatic nitrogens is 2. The molecule has 1 N–H and O–H groups in total. The van der Waals surface area contributed by atoms with Crippen LogP contribution in [0.15, 0.2) is 36.7 Å². The second-order valence-corrected chi connectivity index (χ2v) is 6.45. The Hall–Kier alpha value is -2.47. The molecule has 1 unspecified atom stereocenters. The second-order valence-electron chi connectivity index (χ2n) is 5.45. The average Bonchev–Trinajstić information content (AvgIpc) is 2.94. The summed E-state index contributed by atoms with van der Waals surface area (Å²) in [6.07, 6.45) is 1.47. The predicted octanol–water partition coefficient (Wildman–Crippen LogP) is 3.89. The van der Waals surface area contributed by atoms with Crippen molar-refractivity contribution in [1.82, 2.24) is 15.3 Å². The van der Waals surface area contributed by atoms with Crippen molar-refractivity contribution in [3.05, 3.63) is 52.7 Å². The van der Waals surface area contributed by atoms with Gasteiger partial charge in [0.15, 0.2) is 0 Å². The summed E-state index contributed by atoms with van der Waals surface area (Å²) >= 11 is 1.37. The second kappa shape index (κ2) is 6.97. The van der Waals surface area contributed by atoms with Gasteiger partial charge in [-0.1, -0.05) is 30.3 Å². The molecule has 0 radical (unpaired) electrons. The first-order chi connectivity index (χ1) is 11.6. The zero-order chi connectivity index (χ0) is 17.1. The molecule has 124 valence electrons. The van der Waals surface area contributed by atoms with Crippen LogP contribution >= 0.6 is 11.3 Å². The number of fused-ring (bicyclic) bond motifs is 1. The Kier molecular flexibility index (Phi) is 4.76. The van der Waals surface area contributed by atoms with Gasteiger partial charge in [0.25, 0.3) is 5.91 Å². The van der Waals surface area contributed by atoms with Crippen molar-refractivity contribution in [2.45, 2.75) is 26.8 Å². The van der Waals surface area contributed by atoms with Crippen molar-refractivity contribution in [3.8, 4) is 5.88 Å². The van der Waals surface area contributed by atoms with E-state index in [0.29, 0.717) is 17.4 Å². The van der Waals surface area contributed by atoms with Crippen LogP contribution < -0.4 is 10.1 Å². The van der Waals surface area contributed by atoms with E-state index in [2.05, 4.69) is 15.3 Å². The third-order valence-electron chi connectivity index (χ3n) is 3.83. The van der Waals surface area contributed by atoms with Crippen molar-refractivity contribution in [2.75, 3.05) is 6.61 Å². The molecule has 5 nitrogen and oxygen atoms in total. The number of amides is 1. The van der Waals surface area contributed by atoms with Gasteiger partial charge in [0, 0.05) is 0 Å². The maximum absolute atomic E-state index is 12.7. The SMILES string of the molecule is CCOc1ncnc2sc(C(=O)NC(C)c3ccccc3)c(C)c12. The van der Waals surface area contributed by atoms with E-state index in [-0.39, 0.29) is 11.9 Å². The summed E-state index contributed by atoms with van der Waals surface area (Å²) in [7, 11) is 0. The first kappa shape index (κ1) is 16.4. The van der Waals surface area contributed by atoms with Gasteiger partial charge in [-0.25, -0.2) is 9.97 Å². The normalized spacial score (nSPS) is 12.1. The highest BCUT2D eigenvalue weighted by atomic mass is 32.1. The van der Waals surface area contributed by atoms with Gasteiger partial charge < -0.3 is 10.1 Å². The topological polar surface area (TPSA) is 64.1 Å². The summed E-state index contributed by atoms with van der Waals surface area (Å²) in [5.41, 5.74) is 1.93. The maximum Gasteiger partial charge on any atom is 0.262 e. The number of rotatable bonds is 5. The molecule has 0 aliphatic rings. The lowest BCUT2D eigenvalue weighted by Crippen LogP contribution is -2.26. The fourth-order valence-corrected chi connectivity index (χ4v) is 3.63. The zero-order valence-corrected chi connectivity index (χ0v) is 14.7. The summed E-state index contributed by atoms with van der Waals surface area (Å²) in [6, 6.07) is 9.82. The number of nitrogens with zero attached hydrogens (tertiary/aromatic N) is 2. The Balaban J connectivity index is 1.90. The van der Waals surface area contributed by atoms with Crippen LogP contribution in [0.5, 0.6) is 5.88 Å². The van der Waals surface area contributed by atoms with Crippen LogP contribution in [0.3, 0.4) is 0 Å². The van der Waals surface area contributed by atoms with Gasteiger partial charge in [-0.3, -0.25) is 4.79 Å². The number of aryl methyl sites for hydroxylation is 1. The van der Waals surface area contributed by atoms with Gasteiger partial charge in [0.1, 0.15) is 11.2 Å². The maximum atomic E-state index is 12.7. The van der Waals surface area contributed by atoms with Crippen molar-refractivity contribution >= 4 is 27.5 Å². The molecular formula is C18H19N3O2S. The van der Waals surface area contributed by atoms with Gasteiger partial charge in [0.2, 0.25) is 5.88 Å². The molecule has 3 rings (SSSR count). The fourth-order valence-electron chi connectivity index (χ4n) is 2.59. The molecule has 0 bridgehead atoms. The lowest BCUT2D eigenvalue weighted by molar-refractivity contribution is 0.0943. The minimum absolute atomic E-state index is 0.0687. The Morgan fingerprint density at radius 1 is 1.29 bits per heavy atom. The number of ether oxygens (including phenoxy) is 1. The molecule has 2 aromatic heterocycles. The Bertz CT molecular complexity index is 861. The molecular weight excluding hydrogens is 322 g/mol. The van der Waals surface area contributed by atoms with Gasteiger partial charge in [0.05, 0.1) is 22.9 Å². The highest BCUT2D eigenvalue weighted by Crippen LogP contribution is 2.34. The number of carbonyl (C=O) groups excluding carboxylic acids is 1. The first-order valence-corrected chi connectivity index (χ1v) is 8.66. The van der Waals surface area contributed by atoms with Crippen LogP contribution in [0.2, 0.25) is 0 Å². The van der Waals surface area contributed by atoms with E-state index in [1.54, 1.807) is 0 Å². The third-order valence-corrected chi connectivity index (χ3v) is 5.03. The molecule has 1 atom stereocenters. The van der Waals surface area contributed by atoms with Gasteiger partial charge in [-0.15, -0.1) is 11.3 Å². The van der Waals surface area contributed by atoms with Crippen molar-refractivity contribution in [3.63, 3.8) is 0 Å². The van der Waals surface area contributed by atoms with Crippen molar-refractivity contribution < 1.29 is 9.53 Å². The van der Waals surface area contributed by atoms with E-state index < -0.39 is 0 Å². The standard InChI is InChI=1S/C18H19N3O2S/c1-4-23-17-14-11(2)15(24-18(14)20-10-19-17)16(22)21-12(3)13-8-6-5-7-9-13/h5-10,12H,4H2,1-3H3,(H,21,22). The Morgan fingerprint density at radius 2 is 2.04 bits per heavy atom. The highest BCUT2D eigenvalue weighted by Gasteiger charge is 2.21. The van der Waals surface area contributed by atoms with Crippen LogP contribution in [0.4, 0.5) is 0 Å². The van der Waals surface area contributed by atoms with Crippen LogP contribution in [-0.4, -0.2) is 22.5 Å². The lowest BCUT2D eigenvalue weighted by Gasteiger charge is -2.13. The van der Waals surface area contributed by atoms with Gasteiger partial charge in [-0.2, -0.15) is 0 Å². The molecule has 1 aromatic carbocycles. The van der Waals surface area contributed by atoms with Crippen molar-refractivity contribution in [1.29, 1.82) is 0 Å². The summed E-state index contributed by atoms with van der Waals surface area (Å²) < 4.78 is 5.57. The molecule has 6 heteroatoms. The van der Waals surface area contributed by atoms with Crippen LogP contribution in [0.1, 0.15) is 40.7 Å². The van der Waals surface area contributed by atoms with Crippen LogP contribution in [-0.2, 0) is 0 Å². The zero-order valence-electron chi connectivity index (χ0n) is 13.9. The Morgan fingerprint density at radius 3 is 2.75 bits per heavy atom. The largest absolute Gasteiger partial charge is 0.477 e. The van der Waals surface area contributed by atoms with Crippen molar-refractivity contribution in [2.24, 2.45) is 0 Å². The molecule has 0 aliphatic heterocycles. The fraction of sp³-hybridized carbons (Fsp3) is 0.278. The molecule has 0 fully saturated rings. The highest BCUT2D eigenvalue weighted by molar-refractivity contribution is 7.20. The summed E-state index contributed by atoms with van der Waals surface area (Å²) in [5, 5.41) is 3.87. The van der Waals surface area contributed by atoms with Gasteiger partial charge >= 0.3 is 0 Å². The number of benzene rings is 1. The minimum Gasteiger partial charge on any atom is -0.477 e. The third kappa shape index (κ3) is 3.10. The molecule has 0 spiro atoms. The smallest absolute Gasteiger partial charge is 0.262 e. The molecule has 0 saturated carbocycles. The van der Waals surface area contributed by atoms with E-state index in [0.717, 1.165) is 21.3 Å². The summed E-state index contributed by atoms with van der Waals surface area (Å²) in [5.74, 6) is 0.431. The average molecular weight is 341 g/mol. The van der Waals surface area contributed by atoms with E-state index >= 15 is 0 Å². The molecule has 24 heavy (non-hydrogen) atoms. The number of thiophene rings is 1. The molecule has 3 aromatic rings. The number of hydrogen-bond donors (Lipinski definition) is 1. The van der Waals surface area contributed by atoms with E-state index in [1.807, 2.05) is 51.1 Å². The molecule has 1 amide bonds. The Labute approximate surface area is 144 Å². The first-order valence-electron chi connectivity index (χ1n) is 7.84. The monoisotopic (exact) mass is 341 g/mol. The number of carbonyl (C=O) groups is 1. The summed E-state index contributed by atoms with van der Waals surface area (Å²) in [6.45, 7) is 6.31. The number of hydrogen-bond acceptors (Lipinski definition) is 5. The van der Waals surface area contributed by atoms with Gasteiger partial charge in [-0.05, 0) is 31.9 Å². The molecule has 0 saturated heterocycles. The quantitative estimate of drug-likeness (QED) is 0.765. The van der Waals surface area contributed by atoms with E-state index in [1.165, 1.54) is 17.7 Å². The molecule has 2 heterocycles. The number of nitrogens with one attached hydrogen (secondary N) is 1. The lowest BCUT2D eigenvalue weighted by atomic mass is 10.1. The van der Waals surface area contributed by atoms with Crippen LogP contribution in [0, 0.1) is 6.92 Å². The summed E-state index contributed by atoms with van der Waals surface area (Å²) in [4.78, 5) is 22.6. The predicted molar refractivity (Wildman–Crippen MR) is 95.6 cm³/mol. The molecule has 0 aliphatic carbocycles. The minimum atomic E-state index is -0.102. The van der Waals surface area contributed by atoms with E-state index in [4.69, 9.17) is 4.74 Å². The van der Waals surface area contributed by atoms with Crippen LogP contribution in [0.25, 0.3) is 10.2 Å². The van der Waals surface area contributed by atoms with E-state index in [9.17, 15) is 4.79 Å².